The summed E-state index contributed by atoms with van der Waals surface area (Å²) in [6, 6.07) is 8.64. The van der Waals surface area contributed by atoms with Crippen molar-refractivity contribution >= 4 is 33.6 Å². The Morgan fingerprint density at radius 2 is 1.93 bits per heavy atom. The van der Waals surface area contributed by atoms with Crippen LogP contribution in [0.3, 0.4) is 0 Å². The van der Waals surface area contributed by atoms with Crippen molar-refractivity contribution in [1.29, 1.82) is 0 Å². The second-order valence-corrected chi connectivity index (χ2v) is 7.04. The molecule has 27 heavy (non-hydrogen) atoms. The van der Waals surface area contributed by atoms with Gasteiger partial charge in [0.15, 0.2) is 5.82 Å². The van der Waals surface area contributed by atoms with Gasteiger partial charge in [-0.25, -0.2) is 0 Å². The highest BCUT2D eigenvalue weighted by Gasteiger charge is 2.21. The maximum absolute atomic E-state index is 12.9. The van der Waals surface area contributed by atoms with Crippen molar-refractivity contribution in [2.45, 2.75) is 0 Å². The average molecular weight is 437 g/mol. The fraction of sp³-hybridized carbons (Fsp3) is 0.389. The van der Waals surface area contributed by atoms with Gasteiger partial charge in [-0.1, -0.05) is 21.1 Å². The number of hydrogen-bond donors (Lipinski definition) is 1. The van der Waals surface area contributed by atoms with Gasteiger partial charge in [0, 0.05) is 42.3 Å². The van der Waals surface area contributed by atoms with Crippen LogP contribution < -0.4 is 5.32 Å². The molecule has 0 spiro atoms. The number of aromatic nitrogens is 1. The molecule has 1 N–H and O–H groups in total. The molecule has 1 fully saturated rings. The molecule has 2 heterocycles. The first-order chi connectivity index (χ1) is 13.1. The number of benzene rings is 1. The lowest BCUT2D eigenvalue weighted by Gasteiger charge is -2.30. The molecule has 2 amide bonds. The minimum absolute atomic E-state index is 0.0634. The molecule has 1 aliphatic heterocycles. The highest BCUT2D eigenvalue weighted by atomic mass is 79.9. The summed E-state index contributed by atoms with van der Waals surface area (Å²) in [5.74, 6) is -0.188. The zero-order valence-electron chi connectivity index (χ0n) is 14.8. The van der Waals surface area contributed by atoms with Crippen molar-refractivity contribution in [1.82, 2.24) is 15.0 Å². The van der Waals surface area contributed by atoms with Crippen molar-refractivity contribution in [3.63, 3.8) is 0 Å². The van der Waals surface area contributed by atoms with Gasteiger partial charge in [0.25, 0.3) is 5.91 Å². The first kappa shape index (κ1) is 19.5. The van der Waals surface area contributed by atoms with Crippen molar-refractivity contribution in [3.8, 4) is 0 Å². The molecular formula is C18H21BrN4O4. The minimum Gasteiger partial charge on any atom is -0.379 e. The number of rotatable bonds is 7. The number of halogens is 1. The number of carbonyl (C=O) groups excluding carboxylic acids is 2. The van der Waals surface area contributed by atoms with Crippen LogP contribution in [0.25, 0.3) is 0 Å². The number of amides is 2. The third kappa shape index (κ3) is 5.88. The molecule has 1 aromatic carbocycles. The SMILES string of the molecule is O=C(CN(CCN1CCOCC1)C(=O)c1ccc(Br)cc1)Nc1ccon1. The zero-order chi connectivity index (χ0) is 19.1. The Labute approximate surface area is 165 Å². The zero-order valence-corrected chi connectivity index (χ0v) is 16.4. The molecule has 3 rings (SSSR count). The molecule has 8 nitrogen and oxygen atoms in total. The van der Waals surface area contributed by atoms with E-state index in [1.54, 1.807) is 23.1 Å². The van der Waals surface area contributed by atoms with Gasteiger partial charge in [0.2, 0.25) is 5.91 Å². The second kappa shape index (κ2) is 9.63. The van der Waals surface area contributed by atoms with Crippen LogP contribution in [0.1, 0.15) is 10.4 Å². The monoisotopic (exact) mass is 436 g/mol. The number of anilines is 1. The van der Waals surface area contributed by atoms with Crippen LogP contribution in [0.15, 0.2) is 45.6 Å². The lowest BCUT2D eigenvalue weighted by molar-refractivity contribution is -0.117. The Kier molecular flexibility index (Phi) is 6.97. The standard InChI is InChI=1S/C18H21BrN4O4/c19-15-3-1-14(2-4-15)18(25)23(7-6-22-8-11-26-12-9-22)13-17(24)20-16-5-10-27-21-16/h1-5,10H,6-9,11-13H2,(H,20,21,24). The van der Waals surface area contributed by atoms with Crippen LogP contribution in [-0.2, 0) is 9.53 Å². The molecular weight excluding hydrogens is 416 g/mol. The number of nitrogens with one attached hydrogen (secondary N) is 1. The van der Waals surface area contributed by atoms with Gasteiger partial charge in [-0.2, -0.15) is 0 Å². The van der Waals surface area contributed by atoms with Crippen molar-refractivity contribution in [3.05, 3.63) is 46.6 Å². The third-order valence-electron chi connectivity index (χ3n) is 4.21. The van der Waals surface area contributed by atoms with E-state index in [1.165, 1.54) is 6.26 Å². The van der Waals surface area contributed by atoms with Gasteiger partial charge in [-0.15, -0.1) is 0 Å². The van der Waals surface area contributed by atoms with Gasteiger partial charge in [-0.3, -0.25) is 14.5 Å². The van der Waals surface area contributed by atoms with Crippen LogP contribution in [0.4, 0.5) is 5.82 Å². The predicted octanol–water partition coefficient (Wildman–Crippen LogP) is 1.85. The molecule has 0 unspecified atom stereocenters. The quantitative estimate of drug-likeness (QED) is 0.712. The summed E-state index contributed by atoms with van der Waals surface area (Å²) in [7, 11) is 0. The van der Waals surface area contributed by atoms with Gasteiger partial charge < -0.3 is 19.5 Å². The average Bonchev–Trinajstić information content (AvgIpc) is 3.19. The van der Waals surface area contributed by atoms with Gasteiger partial charge in [0.1, 0.15) is 12.8 Å². The van der Waals surface area contributed by atoms with Crippen LogP contribution in [0.5, 0.6) is 0 Å². The molecule has 0 aliphatic carbocycles. The maximum atomic E-state index is 12.9. The van der Waals surface area contributed by atoms with Crippen molar-refractivity contribution in [2.75, 3.05) is 51.3 Å². The first-order valence-corrected chi connectivity index (χ1v) is 9.46. The van der Waals surface area contributed by atoms with Crippen LogP contribution >= 0.6 is 15.9 Å². The normalized spacial score (nSPS) is 14.7. The Morgan fingerprint density at radius 1 is 1.19 bits per heavy atom. The Balaban J connectivity index is 1.65. The van der Waals surface area contributed by atoms with Gasteiger partial charge >= 0.3 is 0 Å². The number of nitrogens with zero attached hydrogens (tertiary/aromatic N) is 3. The first-order valence-electron chi connectivity index (χ1n) is 8.67. The number of morpholine rings is 1. The number of ether oxygens (including phenoxy) is 1. The van der Waals surface area contributed by atoms with Crippen molar-refractivity contribution < 1.29 is 18.8 Å². The third-order valence-corrected chi connectivity index (χ3v) is 4.74. The van der Waals surface area contributed by atoms with E-state index in [0.29, 0.717) is 37.7 Å². The Hall–Kier alpha value is -2.23. The maximum Gasteiger partial charge on any atom is 0.254 e. The highest BCUT2D eigenvalue weighted by molar-refractivity contribution is 9.10. The van der Waals surface area contributed by atoms with Crippen LogP contribution in [-0.4, -0.2) is 72.7 Å². The topological polar surface area (TPSA) is 87.9 Å². The highest BCUT2D eigenvalue weighted by Crippen LogP contribution is 2.13. The molecule has 1 aliphatic rings. The summed E-state index contributed by atoms with van der Waals surface area (Å²) in [4.78, 5) is 29.0. The summed E-state index contributed by atoms with van der Waals surface area (Å²) in [6.45, 7) is 4.09. The molecule has 0 saturated carbocycles. The number of carbonyl (C=O) groups is 2. The molecule has 0 atom stereocenters. The molecule has 9 heteroatoms. The van der Waals surface area contributed by atoms with E-state index < -0.39 is 0 Å². The van der Waals surface area contributed by atoms with Crippen molar-refractivity contribution in [2.24, 2.45) is 0 Å². The second-order valence-electron chi connectivity index (χ2n) is 6.12. The molecule has 1 saturated heterocycles. The fourth-order valence-corrected chi connectivity index (χ4v) is 3.01. The largest absolute Gasteiger partial charge is 0.379 e. The molecule has 1 aromatic heterocycles. The number of hydrogen-bond acceptors (Lipinski definition) is 6. The van der Waals surface area contributed by atoms with E-state index >= 15 is 0 Å². The minimum atomic E-state index is -0.323. The van der Waals surface area contributed by atoms with Gasteiger partial charge in [-0.05, 0) is 24.3 Å². The molecule has 2 aromatic rings. The molecule has 144 valence electrons. The van der Waals surface area contributed by atoms with E-state index in [1.807, 2.05) is 12.1 Å². The summed E-state index contributed by atoms with van der Waals surface area (Å²) < 4.78 is 10.9. The van der Waals surface area contributed by atoms with E-state index in [2.05, 4.69) is 31.3 Å². The molecule has 0 bridgehead atoms. The molecule has 0 radical (unpaired) electrons. The fourth-order valence-electron chi connectivity index (χ4n) is 2.75. The summed E-state index contributed by atoms with van der Waals surface area (Å²) in [6.07, 6.45) is 1.37. The van der Waals surface area contributed by atoms with Crippen LogP contribution in [0.2, 0.25) is 0 Å². The predicted molar refractivity (Wildman–Crippen MR) is 102 cm³/mol. The smallest absolute Gasteiger partial charge is 0.254 e. The Morgan fingerprint density at radius 3 is 2.59 bits per heavy atom. The van der Waals surface area contributed by atoms with E-state index in [0.717, 1.165) is 17.6 Å². The van der Waals surface area contributed by atoms with Crippen LogP contribution in [0, 0.1) is 0 Å². The summed E-state index contributed by atoms with van der Waals surface area (Å²) in [5.41, 5.74) is 0.536. The summed E-state index contributed by atoms with van der Waals surface area (Å²) >= 11 is 3.36. The van der Waals surface area contributed by atoms with E-state index in [9.17, 15) is 9.59 Å². The Bertz CT molecular complexity index is 745. The lowest BCUT2D eigenvalue weighted by Crippen LogP contribution is -2.45. The summed E-state index contributed by atoms with van der Waals surface area (Å²) in [5, 5.41) is 6.28. The lowest BCUT2D eigenvalue weighted by atomic mass is 10.2. The van der Waals surface area contributed by atoms with Gasteiger partial charge in [0.05, 0.1) is 13.2 Å². The van der Waals surface area contributed by atoms with E-state index in [-0.39, 0.29) is 18.4 Å². The van der Waals surface area contributed by atoms with E-state index in [4.69, 9.17) is 9.26 Å².